The smallest absolute Gasteiger partial charge is 0.289 e. The molecule has 18 heavy (non-hydrogen) atoms. The summed E-state index contributed by atoms with van der Waals surface area (Å²) in [6.45, 7) is 3.63. The largest absolute Gasteiger partial charge is 0.449 e. The van der Waals surface area contributed by atoms with Gasteiger partial charge < -0.3 is 9.32 Å². The Balaban J connectivity index is 1.82. The van der Waals surface area contributed by atoms with Crippen LogP contribution in [0.1, 0.15) is 28.4 Å². The molecule has 0 bridgehead atoms. The van der Waals surface area contributed by atoms with E-state index in [9.17, 15) is 4.79 Å². The van der Waals surface area contributed by atoms with Crippen LogP contribution in [-0.4, -0.2) is 28.9 Å². The molecule has 1 fully saturated rings. The van der Waals surface area contributed by atoms with Crippen molar-refractivity contribution in [3.05, 3.63) is 28.3 Å². The van der Waals surface area contributed by atoms with Crippen molar-refractivity contribution in [2.75, 3.05) is 13.1 Å². The van der Waals surface area contributed by atoms with Gasteiger partial charge >= 0.3 is 0 Å². The summed E-state index contributed by atoms with van der Waals surface area (Å²) in [6.07, 6.45) is 2.18. The lowest BCUT2D eigenvalue weighted by Crippen LogP contribution is -2.27. The van der Waals surface area contributed by atoms with Crippen LogP contribution in [0.2, 0.25) is 0 Å². The number of likely N-dealkylation sites (tertiary alicyclic amines) is 1. The molecule has 3 rings (SSSR count). The van der Waals surface area contributed by atoms with Crippen LogP contribution in [0.15, 0.2) is 21.9 Å². The fourth-order valence-electron chi connectivity index (χ4n) is 2.14. The van der Waals surface area contributed by atoms with E-state index in [0.29, 0.717) is 11.5 Å². The molecule has 0 radical (unpaired) electrons. The molecule has 2 aromatic heterocycles. The molecular weight excluding hydrogens is 248 g/mol. The van der Waals surface area contributed by atoms with E-state index >= 15 is 0 Å². The van der Waals surface area contributed by atoms with Crippen LogP contribution in [0, 0.1) is 6.92 Å². The topological polar surface area (TPSA) is 46.3 Å². The van der Waals surface area contributed by atoms with E-state index in [-0.39, 0.29) is 5.91 Å². The number of amides is 1. The summed E-state index contributed by atoms with van der Waals surface area (Å²) < 4.78 is 5.61. The number of carbonyl (C=O) groups is 1. The zero-order chi connectivity index (χ0) is 12.5. The van der Waals surface area contributed by atoms with Gasteiger partial charge in [0.15, 0.2) is 11.5 Å². The molecule has 0 aromatic carbocycles. The molecule has 0 atom stereocenters. The van der Waals surface area contributed by atoms with Crippen LogP contribution in [-0.2, 0) is 0 Å². The fourth-order valence-corrected chi connectivity index (χ4v) is 2.75. The quantitative estimate of drug-likeness (QED) is 0.836. The van der Waals surface area contributed by atoms with Crippen molar-refractivity contribution >= 4 is 17.2 Å². The minimum atomic E-state index is -0.00861. The molecule has 0 N–H and O–H groups in total. The molecule has 1 aliphatic heterocycles. The van der Waals surface area contributed by atoms with E-state index in [4.69, 9.17) is 4.42 Å². The predicted molar refractivity (Wildman–Crippen MR) is 69.7 cm³/mol. The van der Waals surface area contributed by atoms with Crippen molar-refractivity contribution in [2.24, 2.45) is 0 Å². The standard InChI is InChI=1S/C13H14N2O2S/c1-9-14-10(8-18-9)11-4-5-12(17-11)13(16)15-6-2-3-7-15/h4-5,8H,2-3,6-7H2,1H3. The monoisotopic (exact) mass is 262 g/mol. The summed E-state index contributed by atoms with van der Waals surface area (Å²) in [6, 6.07) is 3.56. The highest BCUT2D eigenvalue weighted by Crippen LogP contribution is 2.25. The first kappa shape index (κ1) is 11.5. The number of carbonyl (C=O) groups excluding carboxylic acids is 1. The molecule has 0 unspecified atom stereocenters. The molecule has 1 saturated heterocycles. The maximum absolute atomic E-state index is 12.1. The van der Waals surface area contributed by atoms with Gasteiger partial charge in [0.1, 0.15) is 5.69 Å². The summed E-state index contributed by atoms with van der Waals surface area (Å²) in [5.74, 6) is 1.07. The Bertz CT molecular complexity index is 567. The Kier molecular flexibility index (Phi) is 2.91. The highest BCUT2D eigenvalue weighted by Gasteiger charge is 2.22. The van der Waals surface area contributed by atoms with E-state index < -0.39 is 0 Å². The molecule has 1 aliphatic rings. The first-order chi connectivity index (χ1) is 8.74. The molecule has 2 aromatic rings. The molecule has 0 saturated carbocycles. The van der Waals surface area contributed by atoms with Crippen LogP contribution in [0.4, 0.5) is 0 Å². The maximum Gasteiger partial charge on any atom is 0.289 e. The highest BCUT2D eigenvalue weighted by atomic mass is 32.1. The van der Waals surface area contributed by atoms with Crippen LogP contribution >= 0.6 is 11.3 Å². The fraction of sp³-hybridized carbons (Fsp3) is 0.385. The van der Waals surface area contributed by atoms with E-state index in [0.717, 1.165) is 36.6 Å². The van der Waals surface area contributed by atoms with E-state index in [1.807, 2.05) is 23.3 Å². The number of hydrogen-bond acceptors (Lipinski definition) is 4. The minimum absolute atomic E-state index is 0.00861. The molecule has 94 valence electrons. The number of aromatic nitrogens is 1. The predicted octanol–water partition coefficient (Wildman–Crippen LogP) is 2.95. The number of furan rings is 1. The van der Waals surface area contributed by atoms with E-state index in [1.165, 1.54) is 0 Å². The Hall–Kier alpha value is -1.62. The summed E-state index contributed by atoms with van der Waals surface area (Å²) in [5.41, 5.74) is 0.804. The van der Waals surface area contributed by atoms with Crippen LogP contribution in [0.25, 0.3) is 11.5 Å². The van der Waals surface area contributed by atoms with Crippen molar-refractivity contribution in [1.82, 2.24) is 9.88 Å². The molecule has 0 aliphatic carbocycles. The van der Waals surface area contributed by atoms with Crippen molar-refractivity contribution in [1.29, 1.82) is 0 Å². The third-order valence-electron chi connectivity index (χ3n) is 3.08. The lowest BCUT2D eigenvalue weighted by molar-refractivity contribution is 0.0762. The minimum Gasteiger partial charge on any atom is -0.449 e. The van der Waals surface area contributed by atoms with Gasteiger partial charge in [-0.05, 0) is 31.9 Å². The average Bonchev–Trinajstić information content (AvgIpc) is 3.09. The normalized spacial score (nSPS) is 15.3. The average molecular weight is 262 g/mol. The van der Waals surface area contributed by atoms with Crippen LogP contribution < -0.4 is 0 Å². The maximum atomic E-state index is 12.1. The Labute approximate surface area is 109 Å². The molecule has 0 spiro atoms. The van der Waals surface area contributed by atoms with E-state index in [2.05, 4.69) is 4.98 Å². The first-order valence-corrected chi connectivity index (χ1v) is 6.93. The Morgan fingerprint density at radius 2 is 2.17 bits per heavy atom. The Morgan fingerprint density at radius 3 is 2.83 bits per heavy atom. The van der Waals surface area contributed by atoms with Gasteiger partial charge in [0.2, 0.25) is 0 Å². The van der Waals surface area contributed by atoms with Gasteiger partial charge in [-0.2, -0.15) is 0 Å². The zero-order valence-corrected chi connectivity index (χ0v) is 11.0. The zero-order valence-electron chi connectivity index (χ0n) is 10.2. The van der Waals surface area contributed by atoms with Gasteiger partial charge in [0, 0.05) is 18.5 Å². The second-order valence-corrected chi connectivity index (χ2v) is 5.48. The van der Waals surface area contributed by atoms with E-state index in [1.54, 1.807) is 17.4 Å². The molecule has 1 amide bonds. The number of nitrogens with zero attached hydrogens (tertiary/aromatic N) is 2. The van der Waals surface area contributed by atoms with Gasteiger partial charge in [-0.1, -0.05) is 0 Å². The highest BCUT2D eigenvalue weighted by molar-refractivity contribution is 7.09. The first-order valence-electron chi connectivity index (χ1n) is 6.05. The van der Waals surface area contributed by atoms with Gasteiger partial charge in [-0.3, -0.25) is 4.79 Å². The molecule has 3 heterocycles. The number of thiazole rings is 1. The molecular formula is C13H14N2O2S. The summed E-state index contributed by atoms with van der Waals surface area (Å²) >= 11 is 1.58. The van der Waals surface area contributed by atoms with Gasteiger partial charge in [-0.15, -0.1) is 11.3 Å². The second kappa shape index (κ2) is 4.57. The number of hydrogen-bond donors (Lipinski definition) is 0. The lowest BCUT2D eigenvalue weighted by atomic mass is 10.3. The SMILES string of the molecule is Cc1nc(-c2ccc(C(=O)N3CCCC3)o2)cs1. The summed E-state index contributed by atoms with van der Waals surface area (Å²) in [5, 5.41) is 2.94. The Morgan fingerprint density at radius 1 is 1.39 bits per heavy atom. The van der Waals surface area contributed by atoms with Crippen molar-refractivity contribution in [2.45, 2.75) is 19.8 Å². The second-order valence-electron chi connectivity index (χ2n) is 4.41. The van der Waals surface area contributed by atoms with Crippen LogP contribution in [0.5, 0.6) is 0 Å². The summed E-state index contributed by atoms with van der Waals surface area (Å²) in [7, 11) is 0. The van der Waals surface area contributed by atoms with Gasteiger partial charge in [0.25, 0.3) is 5.91 Å². The number of aryl methyl sites for hydroxylation is 1. The van der Waals surface area contributed by atoms with Gasteiger partial charge in [-0.25, -0.2) is 4.98 Å². The van der Waals surface area contributed by atoms with Crippen LogP contribution in [0.3, 0.4) is 0 Å². The van der Waals surface area contributed by atoms with Crippen molar-refractivity contribution in [3.63, 3.8) is 0 Å². The third-order valence-corrected chi connectivity index (χ3v) is 3.86. The lowest BCUT2D eigenvalue weighted by Gasteiger charge is -2.12. The van der Waals surface area contributed by atoms with Crippen molar-refractivity contribution in [3.8, 4) is 11.5 Å². The third kappa shape index (κ3) is 2.06. The number of rotatable bonds is 2. The summed E-state index contributed by atoms with van der Waals surface area (Å²) in [4.78, 5) is 18.3. The molecule has 4 nitrogen and oxygen atoms in total. The van der Waals surface area contributed by atoms with Crippen molar-refractivity contribution < 1.29 is 9.21 Å². The van der Waals surface area contributed by atoms with Gasteiger partial charge in [0.05, 0.1) is 5.01 Å². The molecule has 5 heteroatoms.